The molecule has 0 spiro atoms. The third-order valence-electron chi connectivity index (χ3n) is 4.33. The number of ether oxygens (including phenoxy) is 3. The number of nitrogens with zero attached hydrogens (tertiary/aromatic N) is 3. The molecular formula is C30H56N4O7. The van der Waals surface area contributed by atoms with Crippen LogP contribution in [-0.4, -0.2) is 76.7 Å². The number of nitro benzene ring substituents is 1. The van der Waals surface area contributed by atoms with Crippen LogP contribution in [0.2, 0.25) is 0 Å². The molecule has 0 saturated carbocycles. The second-order valence-corrected chi connectivity index (χ2v) is 7.99. The van der Waals surface area contributed by atoms with Crippen molar-refractivity contribution in [3.05, 3.63) is 81.6 Å². The molecular weight excluding hydrogens is 528 g/mol. The summed E-state index contributed by atoms with van der Waals surface area (Å²) in [5, 5.41) is 23.5. The molecule has 1 N–H and O–H groups in total. The van der Waals surface area contributed by atoms with Crippen LogP contribution < -0.4 is 10.2 Å². The predicted octanol–water partition coefficient (Wildman–Crippen LogP) is 6.68. The van der Waals surface area contributed by atoms with Crippen molar-refractivity contribution < 1.29 is 24.1 Å². The number of methoxy groups -OCH3 is 1. The molecule has 0 aliphatic rings. The number of anilines is 1. The van der Waals surface area contributed by atoms with Crippen LogP contribution in [0.3, 0.4) is 0 Å². The van der Waals surface area contributed by atoms with Gasteiger partial charge in [-0.2, -0.15) is 0 Å². The highest BCUT2D eigenvalue weighted by molar-refractivity contribution is 5.50. The summed E-state index contributed by atoms with van der Waals surface area (Å²) in [6, 6.07) is 6.55. The second-order valence-electron chi connectivity index (χ2n) is 7.99. The lowest BCUT2D eigenvalue weighted by atomic mass is 10.2. The number of likely N-dealkylation sites (N-methyl/N-ethyl adjacent to an activating group) is 1. The van der Waals surface area contributed by atoms with Gasteiger partial charge in [0.25, 0.3) is 5.69 Å². The fourth-order valence-corrected chi connectivity index (χ4v) is 2.47. The van der Waals surface area contributed by atoms with E-state index in [0.717, 1.165) is 58.0 Å². The topological polar surface area (TPSA) is 129 Å². The molecule has 1 aromatic rings. The van der Waals surface area contributed by atoms with E-state index in [1.807, 2.05) is 34.7 Å². The minimum Gasteiger partial charge on any atom is -0.383 e. The third-order valence-corrected chi connectivity index (χ3v) is 4.33. The molecule has 1 aromatic carbocycles. The Balaban J connectivity index is -0.000000268. The maximum Gasteiger partial charge on any atom is 0.269 e. The zero-order valence-electron chi connectivity index (χ0n) is 26.7. The van der Waals surface area contributed by atoms with E-state index >= 15 is 0 Å². The van der Waals surface area contributed by atoms with Gasteiger partial charge in [-0.25, -0.2) is 0 Å². The molecule has 0 saturated heterocycles. The first-order chi connectivity index (χ1) is 19.6. The highest BCUT2D eigenvalue weighted by Gasteiger charge is 2.09. The predicted molar refractivity (Wildman–Crippen MR) is 171 cm³/mol. The van der Waals surface area contributed by atoms with Gasteiger partial charge in [0.05, 0.1) is 29.7 Å². The first-order valence-corrected chi connectivity index (χ1v) is 13.8. The van der Waals surface area contributed by atoms with Crippen molar-refractivity contribution in [2.45, 2.75) is 54.4 Å². The van der Waals surface area contributed by atoms with E-state index in [4.69, 9.17) is 14.2 Å². The van der Waals surface area contributed by atoms with E-state index in [0.29, 0.717) is 13.2 Å². The van der Waals surface area contributed by atoms with Crippen molar-refractivity contribution in [2.24, 2.45) is 0 Å². The average molecular weight is 585 g/mol. The van der Waals surface area contributed by atoms with Crippen LogP contribution in [-0.2, 0) is 14.2 Å². The number of hydrogen-bond donors (Lipinski definition) is 1. The van der Waals surface area contributed by atoms with Crippen LogP contribution in [0.25, 0.3) is 0 Å². The Morgan fingerprint density at radius 2 is 1.49 bits per heavy atom. The van der Waals surface area contributed by atoms with Gasteiger partial charge in [0, 0.05) is 64.7 Å². The van der Waals surface area contributed by atoms with Gasteiger partial charge in [0.1, 0.15) is 0 Å². The number of hydrogen-bond acceptors (Lipinski definition) is 9. The van der Waals surface area contributed by atoms with Gasteiger partial charge >= 0.3 is 0 Å². The molecule has 11 nitrogen and oxygen atoms in total. The van der Waals surface area contributed by atoms with Gasteiger partial charge in [-0.05, 0) is 58.9 Å². The SMILES string of the molecule is C=CC.C=CC.CC/C=C(\C)[N+](=O)[O-].CCCOCCN(CCOC)c1ccc([N+](=O)[O-])cc1.CCOCCNC. The minimum absolute atomic E-state index is 0.0997. The van der Waals surface area contributed by atoms with Crippen molar-refractivity contribution in [2.75, 3.05) is 71.7 Å². The monoisotopic (exact) mass is 584 g/mol. The largest absolute Gasteiger partial charge is 0.383 e. The summed E-state index contributed by atoms with van der Waals surface area (Å²) < 4.78 is 15.6. The third kappa shape index (κ3) is 34.9. The quantitative estimate of drug-likeness (QED) is 0.0979. The first-order valence-electron chi connectivity index (χ1n) is 13.8. The molecule has 0 bridgehead atoms. The summed E-state index contributed by atoms with van der Waals surface area (Å²) in [5.41, 5.74) is 1.27. The van der Waals surface area contributed by atoms with Crippen LogP contribution in [0, 0.1) is 20.2 Å². The van der Waals surface area contributed by atoms with Gasteiger partial charge in [0.2, 0.25) is 5.70 Å². The Hall–Kier alpha value is -3.12. The molecule has 0 unspecified atom stereocenters. The van der Waals surface area contributed by atoms with Gasteiger partial charge in [-0.1, -0.05) is 26.0 Å². The molecule has 0 aliphatic carbocycles. The maximum atomic E-state index is 10.7. The van der Waals surface area contributed by atoms with Crippen molar-refractivity contribution >= 4 is 11.4 Å². The number of non-ortho nitro benzene ring substituents is 1. The number of allylic oxidation sites excluding steroid dienone is 4. The van der Waals surface area contributed by atoms with E-state index in [9.17, 15) is 20.2 Å². The van der Waals surface area contributed by atoms with Gasteiger partial charge in [-0.15, -0.1) is 13.2 Å². The van der Waals surface area contributed by atoms with Crippen LogP contribution in [0.5, 0.6) is 0 Å². The fraction of sp³-hybridized carbons (Fsp3) is 0.600. The Labute approximate surface area is 248 Å². The summed E-state index contributed by atoms with van der Waals surface area (Å²) >= 11 is 0. The summed E-state index contributed by atoms with van der Waals surface area (Å²) in [4.78, 5) is 21.8. The number of nitrogens with one attached hydrogen (secondary N) is 1. The molecule has 0 amide bonds. The van der Waals surface area contributed by atoms with Crippen molar-refractivity contribution in [1.82, 2.24) is 5.32 Å². The van der Waals surface area contributed by atoms with Gasteiger partial charge in [-0.3, -0.25) is 20.2 Å². The second kappa shape index (κ2) is 36.9. The van der Waals surface area contributed by atoms with Crippen LogP contribution in [0.1, 0.15) is 54.4 Å². The standard InChI is InChI=1S/C14H22N2O4.C5H9NO2.C5H13NO.2C3H6/c1-3-10-20-12-9-15(8-11-19-2)13-4-6-14(7-5-13)16(17)18;1-3-4-5(2)6(7)8;1-3-7-5-4-6-2;2*1-3-2/h4-7H,3,8-12H2,1-2H3;4H,3H2,1-2H3;6H,3-5H2,1-2H3;2*3H,1H2,2H3/b;5-4+;;;. The van der Waals surface area contributed by atoms with Crippen molar-refractivity contribution in [1.29, 1.82) is 0 Å². The molecule has 0 fully saturated rings. The lowest BCUT2D eigenvalue weighted by molar-refractivity contribution is -0.424. The highest BCUT2D eigenvalue weighted by atomic mass is 16.6. The van der Waals surface area contributed by atoms with Crippen molar-refractivity contribution in [3.63, 3.8) is 0 Å². The van der Waals surface area contributed by atoms with Crippen LogP contribution in [0.15, 0.2) is 61.3 Å². The van der Waals surface area contributed by atoms with E-state index in [1.165, 1.54) is 19.1 Å². The van der Waals surface area contributed by atoms with E-state index < -0.39 is 4.92 Å². The summed E-state index contributed by atoms with van der Waals surface area (Å²) in [5.74, 6) is 0. The smallest absolute Gasteiger partial charge is 0.269 e. The number of benzene rings is 1. The Kier molecular flexibility index (Phi) is 40.4. The molecule has 41 heavy (non-hydrogen) atoms. The summed E-state index contributed by atoms with van der Waals surface area (Å²) in [7, 11) is 3.57. The van der Waals surface area contributed by atoms with Crippen LogP contribution >= 0.6 is 0 Å². The highest BCUT2D eigenvalue weighted by Crippen LogP contribution is 2.19. The maximum absolute atomic E-state index is 10.7. The molecule has 0 heterocycles. The molecule has 0 atom stereocenters. The Morgan fingerprint density at radius 1 is 0.951 bits per heavy atom. The molecule has 238 valence electrons. The lowest BCUT2D eigenvalue weighted by Gasteiger charge is -2.24. The molecule has 0 aromatic heterocycles. The number of rotatable bonds is 16. The summed E-state index contributed by atoms with van der Waals surface area (Å²) in [6.45, 7) is 24.0. The minimum atomic E-state index is -0.395. The zero-order chi connectivity index (χ0) is 32.3. The Morgan fingerprint density at radius 3 is 1.85 bits per heavy atom. The summed E-state index contributed by atoms with van der Waals surface area (Å²) in [6.07, 6.45) is 6.81. The molecule has 0 radical (unpaired) electrons. The Bertz CT molecular complexity index is 763. The fourth-order valence-electron chi connectivity index (χ4n) is 2.47. The van der Waals surface area contributed by atoms with E-state index in [2.05, 4.69) is 30.3 Å². The molecule has 11 heteroatoms. The molecule has 0 aliphatic heterocycles. The van der Waals surface area contributed by atoms with Gasteiger partial charge in [0.15, 0.2) is 0 Å². The lowest BCUT2D eigenvalue weighted by Crippen LogP contribution is -2.30. The van der Waals surface area contributed by atoms with E-state index in [-0.39, 0.29) is 16.3 Å². The zero-order valence-corrected chi connectivity index (χ0v) is 26.7. The number of nitro groups is 2. The molecule has 1 rings (SSSR count). The normalized spacial score (nSPS) is 9.61. The first kappa shape index (κ1) is 44.9. The van der Waals surface area contributed by atoms with Crippen molar-refractivity contribution in [3.8, 4) is 0 Å². The van der Waals surface area contributed by atoms with E-state index in [1.54, 1.807) is 37.5 Å². The average Bonchev–Trinajstić information content (AvgIpc) is 2.95. The van der Waals surface area contributed by atoms with Crippen LogP contribution in [0.4, 0.5) is 11.4 Å². The van der Waals surface area contributed by atoms with Gasteiger partial charge < -0.3 is 24.4 Å².